The van der Waals surface area contributed by atoms with Gasteiger partial charge in [0, 0.05) is 17.4 Å². The summed E-state index contributed by atoms with van der Waals surface area (Å²) in [6.07, 6.45) is 6.61. The number of rotatable bonds is 3. The molecule has 2 aromatic rings. The van der Waals surface area contributed by atoms with Crippen LogP contribution in [0.5, 0.6) is 0 Å². The molecule has 0 aliphatic heterocycles. The largest absolute Gasteiger partial charge is 0.478 e. The summed E-state index contributed by atoms with van der Waals surface area (Å²) in [5.74, 6) is 2.11. The van der Waals surface area contributed by atoms with Crippen LogP contribution in [0.3, 0.4) is 0 Å². The van der Waals surface area contributed by atoms with Crippen LogP contribution in [0.2, 0.25) is 0 Å². The lowest BCUT2D eigenvalue weighted by atomic mass is 10.2. The Morgan fingerprint density at radius 2 is 2.17 bits per heavy atom. The second kappa shape index (κ2) is 5.02. The first-order valence-electron chi connectivity index (χ1n) is 5.22. The van der Waals surface area contributed by atoms with E-state index >= 15 is 0 Å². The minimum absolute atomic E-state index is 0.151. The van der Waals surface area contributed by atoms with Gasteiger partial charge in [0.2, 0.25) is 0 Å². The van der Waals surface area contributed by atoms with Crippen LogP contribution in [0, 0.1) is 12.3 Å². The molecule has 0 saturated heterocycles. The molecule has 0 atom stereocenters. The predicted molar refractivity (Wildman–Crippen MR) is 68.9 cm³/mol. The summed E-state index contributed by atoms with van der Waals surface area (Å²) in [5, 5.41) is 11.8. The Bertz CT molecular complexity index is 612. The fraction of sp³-hybridized carbons (Fsp3) is 0. The molecule has 0 bridgehead atoms. The van der Waals surface area contributed by atoms with Crippen molar-refractivity contribution in [1.82, 2.24) is 4.98 Å². The Morgan fingerprint density at radius 1 is 1.33 bits per heavy atom. The zero-order valence-corrected chi connectivity index (χ0v) is 9.42. The number of pyridine rings is 1. The van der Waals surface area contributed by atoms with E-state index in [1.165, 1.54) is 12.3 Å². The summed E-state index contributed by atoms with van der Waals surface area (Å²) in [6.45, 7) is 0. The number of carbonyl (C=O) groups is 1. The Morgan fingerprint density at radius 3 is 2.78 bits per heavy atom. The lowest BCUT2D eigenvalue weighted by Gasteiger charge is -2.05. The predicted octanol–water partition coefficient (Wildman–Crippen LogP) is 2.50. The van der Waals surface area contributed by atoms with E-state index in [0.717, 1.165) is 11.3 Å². The van der Waals surface area contributed by atoms with Gasteiger partial charge in [0.25, 0.3) is 0 Å². The summed E-state index contributed by atoms with van der Waals surface area (Å²) in [6, 6.07) is 10.4. The molecule has 0 saturated carbocycles. The van der Waals surface area contributed by atoms with Gasteiger partial charge >= 0.3 is 5.97 Å². The zero-order valence-electron chi connectivity index (χ0n) is 9.42. The van der Waals surface area contributed by atoms with Gasteiger partial charge < -0.3 is 10.4 Å². The third-order valence-electron chi connectivity index (χ3n) is 2.31. The molecule has 2 rings (SSSR count). The molecule has 0 amide bonds. The number of nitrogens with zero attached hydrogens (tertiary/aromatic N) is 1. The quantitative estimate of drug-likeness (QED) is 0.806. The first-order chi connectivity index (χ1) is 8.69. The minimum Gasteiger partial charge on any atom is -0.478 e. The highest BCUT2D eigenvalue weighted by molar-refractivity contribution is 5.87. The van der Waals surface area contributed by atoms with Gasteiger partial charge in [0.1, 0.15) is 5.82 Å². The van der Waals surface area contributed by atoms with Crippen molar-refractivity contribution in [3.05, 3.63) is 53.7 Å². The molecule has 0 aliphatic carbocycles. The summed E-state index contributed by atoms with van der Waals surface area (Å²) >= 11 is 0. The highest BCUT2D eigenvalue weighted by Crippen LogP contribution is 2.15. The summed E-state index contributed by atoms with van der Waals surface area (Å²) in [5.41, 5.74) is 1.72. The maximum absolute atomic E-state index is 10.7. The summed E-state index contributed by atoms with van der Waals surface area (Å²) in [7, 11) is 0. The Balaban J connectivity index is 2.18. The molecule has 4 heteroatoms. The standard InChI is InChI=1S/C14H10N2O2/c1-2-10-4-3-5-12(8-10)16-13-7-6-11(9-15-13)14(17)18/h1,3-9H,(H,15,16)(H,17,18). The van der Waals surface area contributed by atoms with Crippen molar-refractivity contribution in [3.63, 3.8) is 0 Å². The van der Waals surface area contributed by atoms with E-state index < -0.39 is 5.97 Å². The lowest BCUT2D eigenvalue weighted by molar-refractivity contribution is 0.0696. The van der Waals surface area contributed by atoms with Gasteiger partial charge in [-0.25, -0.2) is 9.78 Å². The second-order valence-corrected chi connectivity index (χ2v) is 3.59. The van der Waals surface area contributed by atoms with Crippen molar-refractivity contribution >= 4 is 17.5 Å². The molecule has 1 aromatic carbocycles. The average molecular weight is 238 g/mol. The molecule has 0 unspecified atom stereocenters. The molecule has 1 aromatic heterocycles. The van der Waals surface area contributed by atoms with Crippen LogP contribution >= 0.6 is 0 Å². The van der Waals surface area contributed by atoms with Gasteiger partial charge in [-0.2, -0.15) is 0 Å². The van der Waals surface area contributed by atoms with Gasteiger partial charge in [0.15, 0.2) is 0 Å². The lowest BCUT2D eigenvalue weighted by Crippen LogP contribution is -1.99. The van der Waals surface area contributed by atoms with Crippen molar-refractivity contribution in [2.75, 3.05) is 5.32 Å². The second-order valence-electron chi connectivity index (χ2n) is 3.59. The van der Waals surface area contributed by atoms with E-state index in [0.29, 0.717) is 5.82 Å². The van der Waals surface area contributed by atoms with Gasteiger partial charge in [-0.05, 0) is 30.3 Å². The van der Waals surface area contributed by atoms with Crippen LogP contribution in [-0.4, -0.2) is 16.1 Å². The van der Waals surface area contributed by atoms with E-state index in [-0.39, 0.29) is 5.56 Å². The highest BCUT2D eigenvalue weighted by Gasteiger charge is 2.03. The van der Waals surface area contributed by atoms with Gasteiger partial charge in [-0.1, -0.05) is 12.0 Å². The van der Waals surface area contributed by atoms with Gasteiger partial charge in [0.05, 0.1) is 5.56 Å². The number of terminal acetylenes is 1. The third kappa shape index (κ3) is 2.66. The highest BCUT2D eigenvalue weighted by atomic mass is 16.4. The average Bonchev–Trinajstić information content (AvgIpc) is 2.39. The van der Waals surface area contributed by atoms with E-state index in [1.807, 2.05) is 24.3 Å². The normalized spacial score (nSPS) is 9.50. The number of nitrogens with one attached hydrogen (secondary N) is 1. The molecule has 0 aliphatic rings. The van der Waals surface area contributed by atoms with Gasteiger partial charge in [-0.3, -0.25) is 0 Å². The van der Waals surface area contributed by atoms with Crippen molar-refractivity contribution < 1.29 is 9.90 Å². The number of aromatic nitrogens is 1. The number of hydrogen-bond donors (Lipinski definition) is 2. The molecule has 2 N–H and O–H groups in total. The first-order valence-corrected chi connectivity index (χ1v) is 5.22. The number of hydrogen-bond acceptors (Lipinski definition) is 3. The molecular formula is C14H10N2O2. The fourth-order valence-electron chi connectivity index (χ4n) is 1.43. The molecule has 18 heavy (non-hydrogen) atoms. The monoisotopic (exact) mass is 238 g/mol. The summed E-state index contributed by atoms with van der Waals surface area (Å²) < 4.78 is 0. The van der Waals surface area contributed by atoms with E-state index in [1.54, 1.807) is 6.07 Å². The third-order valence-corrected chi connectivity index (χ3v) is 2.31. The first kappa shape index (κ1) is 11.7. The number of carboxylic acids is 1. The van der Waals surface area contributed by atoms with Crippen LogP contribution in [0.4, 0.5) is 11.5 Å². The maximum Gasteiger partial charge on any atom is 0.337 e. The van der Waals surface area contributed by atoms with E-state index in [9.17, 15) is 4.79 Å². The maximum atomic E-state index is 10.7. The molecule has 0 radical (unpaired) electrons. The van der Waals surface area contributed by atoms with E-state index in [4.69, 9.17) is 11.5 Å². The molecule has 1 heterocycles. The number of aromatic carboxylic acids is 1. The number of carboxylic acid groups (broad SMARTS) is 1. The van der Waals surface area contributed by atoms with Crippen LogP contribution in [-0.2, 0) is 0 Å². The van der Waals surface area contributed by atoms with Crippen molar-refractivity contribution in [2.45, 2.75) is 0 Å². The van der Waals surface area contributed by atoms with Crippen LogP contribution < -0.4 is 5.32 Å². The molecule has 4 nitrogen and oxygen atoms in total. The van der Waals surface area contributed by atoms with Crippen LogP contribution in [0.25, 0.3) is 0 Å². The number of benzene rings is 1. The molecule has 0 spiro atoms. The minimum atomic E-state index is -0.997. The number of anilines is 2. The SMILES string of the molecule is C#Cc1cccc(Nc2ccc(C(=O)O)cn2)c1. The Labute approximate surface area is 104 Å². The molecular weight excluding hydrogens is 228 g/mol. The van der Waals surface area contributed by atoms with E-state index in [2.05, 4.69) is 16.2 Å². The molecule has 0 fully saturated rings. The fourth-order valence-corrected chi connectivity index (χ4v) is 1.43. The Kier molecular flexibility index (Phi) is 3.26. The van der Waals surface area contributed by atoms with Crippen LogP contribution in [0.1, 0.15) is 15.9 Å². The Hall–Kier alpha value is -2.80. The van der Waals surface area contributed by atoms with Crippen molar-refractivity contribution in [1.29, 1.82) is 0 Å². The smallest absolute Gasteiger partial charge is 0.337 e. The molecule has 88 valence electrons. The van der Waals surface area contributed by atoms with Crippen LogP contribution in [0.15, 0.2) is 42.6 Å². The van der Waals surface area contributed by atoms with Crippen molar-refractivity contribution in [3.8, 4) is 12.3 Å². The topological polar surface area (TPSA) is 62.2 Å². The van der Waals surface area contributed by atoms with Crippen molar-refractivity contribution in [2.24, 2.45) is 0 Å². The summed E-state index contributed by atoms with van der Waals surface area (Å²) in [4.78, 5) is 14.7. The van der Waals surface area contributed by atoms with Gasteiger partial charge in [-0.15, -0.1) is 6.42 Å². The zero-order chi connectivity index (χ0) is 13.0.